The minimum atomic E-state index is 0.799. The van der Waals surface area contributed by atoms with E-state index < -0.39 is 0 Å². The van der Waals surface area contributed by atoms with E-state index in [1.807, 2.05) is 0 Å². The Morgan fingerprint density at radius 2 is 2.23 bits per heavy atom. The van der Waals surface area contributed by atoms with Gasteiger partial charge in [0.25, 0.3) is 0 Å². The van der Waals surface area contributed by atoms with E-state index >= 15 is 0 Å². The molecule has 0 heterocycles. The van der Waals surface area contributed by atoms with Crippen LogP contribution in [0.2, 0.25) is 0 Å². The van der Waals surface area contributed by atoms with Gasteiger partial charge in [0.05, 0.1) is 0 Å². The Kier molecular flexibility index (Phi) is 4.46. The average molecular weight is 182 g/mol. The number of nitrogens with zero attached hydrogens (tertiary/aromatic N) is 1. The zero-order valence-electron chi connectivity index (χ0n) is 8.97. The molecule has 0 aliphatic heterocycles. The Balaban J connectivity index is 2.01. The van der Waals surface area contributed by atoms with Crippen LogP contribution in [0.1, 0.15) is 26.2 Å². The van der Waals surface area contributed by atoms with Gasteiger partial charge in [-0.15, -0.1) is 0 Å². The van der Waals surface area contributed by atoms with E-state index in [0.29, 0.717) is 0 Å². The first-order valence-electron chi connectivity index (χ1n) is 5.31. The van der Waals surface area contributed by atoms with Gasteiger partial charge in [-0.25, -0.2) is 0 Å². The minimum absolute atomic E-state index is 0.799. The summed E-state index contributed by atoms with van der Waals surface area (Å²) in [6.07, 6.45) is 3.94. The molecule has 1 fully saturated rings. The van der Waals surface area contributed by atoms with Crippen molar-refractivity contribution in [2.24, 2.45) is 0 Å². The van der Waals surface area contributed by atoms with Gasteiger partial charge in [-0.3, -0.25) is 0 Å². The standard InChI is InChI=1S/C11H22N2/c1-4-7-13(3)9-10(2)8-12-11-5-6-11/h11-12H,2,4-9H2,1,3H3. The average Bonchev–Trinajstić information content (AvgIpc) is 2.84. The van der Waals surface area contributed by atoms with Crippen molar-refractivity contribution >= 4 is 0 Å². The van der Waals surface area contributed by atoms with Crippen LogP contribution in [-0.2, 0) is 0 Å². The Morgan fingerprint density at radius 1 is 1.54 bits per heavy atom. The fourth-order valence-electron chi connectivity index (χ4n) is 1.47. The van der Waals surface area contributed by atoms with Crippen molar-refractivity contribution in [2.45, 2.75) is 32.2 Å². The smallest absolute Gasteiger partial charge is 0.0199 e. The topological polar surface area (TPSA) is 15.3 Å². The molecule has 1 saturated carbocycles. The molecule has 1 rings (SSSR count). The molecule has 0 aromatic carbocycles. The lowest BCUT2D eigenvalue weighted by Gasteiger charge is -2.17. The minimum Gasteiger partial charge on any atom is -0.310 e. The molecule has 0 spiro atoms. The summed E-state index contributed by atoms with van der Waals surface area (Å²) in [5.41, 5.74) is 1.31. The summed E-state index contributed by atoms with van der Waals surface area (Å²) in [4.78, 5) is 2.33. The van der Waals surface area contributed by atoms with E-state index in [2.05, 4.69) is 30.8 Å². The molecule has 1 aliphatic carbocycles. The van der Waals surface area contributed by atoms with Gasteiger partial charge in [0.1, 0.15) is 0 Å². The van der Waals surface area contributed by atoms with Gasteiger partial charge < -0.3 is 10.2 Å². The molecule has 0 saturated heterocycles. The molecule has 0 amide bonds. The SMILES string of the molecule is C=C(CNC1CC1)CN(C)CCC. The van der Waals surface area contributed by atoms with Crippen molar-refractivity contribution < 1.29 is 0 Å². The van der Waals surface area contributed by atoms with Crippen LogP contribution >= 0.6 is 0 Å². The summed E-state index contributed by atoms with van der Waals surface area (Å²) < 4.78 is 0. The first kappa shape index (κ1) is 10.7. The van der Waals surface area contributed by atoms with Crippen LogP contribution in [0.4, 0.5) is 0 Å². The van der Waals surface area contributed by atoms with E-state index in [0.717, 1.165) is 19.1 Å². The van der Waals surface area contributed by atoms with Crippen molar-refractivity contribution in [3.05, 3.63) is 12.2 Å². The third kappa shape index (κ3) is 5.06. The normalized spacial score (nSPS) is 16.5. The summed E-state index contributed by atoms with van der Waals surface area (Å²) >= 11 is 0. The Hall–Kier alpha value is -0.340. The zero-order valence-corrected chi connectivity index (χ0v) is 8.97. The van der Waals surface area contributed by atoms with Crippen LogP contribution in [0.15, 0.2) is 12.2 Å². The van der Waals surface area contributed by atoms with Crippen LogP contribution < -0.4 is 5.32 Å². The van der Waals surface area contributed by atoms with Crippen molar-refractivity contribution in [3.63, 3.8) is 0 Å². The third-order valence-electron chi connectivity index (χ3n) is 2.32. The largest absolute Gasteiger partial charge is 0.310 e. The summed E-state index contributed by atoms with van der Waals surface area (Å²) in [5.74, 6) is 0. The molecule has 0 radical (unpaired) electrons. The fraction of sp³-hybridized carbons (Fsp3) is 0.818. The lowest BCUT2D eigenvalue weighted by atomic mass is 10.2. The van der Waals surface area contributed by atoms with Crippen LogP contribution in [-0.4, -0.2) is 37.6 Å². The number of hydrogen-bond acceptors (Lipinski definition) is 2. The second kappa shape index (κ2) is 5.40. The van der Waals surface area contributed by atoms with E-state index in [9.17, 15) is 0 Å². The molecule has 0 atom stereocenters. The quantitative estimate of drug-likeness (QED) is 0.602. The molecule has 1 aliphatic rings. The number of nitrogens with one attached hydrogen (secondary N) is 1. The first-order chi connectivity index (χ1) is 6.22. The Bertz CT molecular complexity index is 161. The van der Waals surface area contributed by atoms with Crippen molar-refractivity contribution in [2.75, 3.05) is 26.7 Å². The highest BCUT2D eigenvalue weighted by atomic mass is 15.1. The monoisotopic (exact) mass is 182 g/mol. The second-order valence-corrected chi connectivity index (χ2v) is 4.14. The molecule has 2 heteroatoms. The Morgan fingerprint density at radius 3 is 2.77 bits per heavy atom. The predicted molar refractivity (Wildman–Crippen MR) is 58.0 cm³/mol. The highest BCUT2D eigenvalue weighted by Gasteiger charge is 2.20. The van der Waals surface area contributed by atoms with Crippen LogP contribution in [0.5, 0.6) is 0 Å². The van der Waals surface area contributed by atoms with Crippen LogP contribution in [0.25, 0.3) is 0 Å². The predicted octanol–water partition coefficient (Wildman–Crippen LogP) is 1.64. The maximum absolute atomic E-state index is 4.07. The molecule has 0 aromatic rings. The van der Waals surface area contributed by atoms with Gasteiger partial charge in [0, 0.05) is 19.1 Å². The van der Waals surface area contributed by atoms with E-state index in [-0.39, 0.29) is 0 Å². The van der Waals surface area contributed by atoms with E-state index in [1.54, 1.807) is 0 Å². The summed E-state index contributed by atoms with van der Waals surface area (Å²) in [6, 6.07) is 0.799. The van der Waals surface area contributed by atoms with E-state index in [4.69, 9.17) is 0 Å². The Labute approximate surface area is 82.0 Å². The summed E-state index contributed by atoms with van der Waals surface area (Å²) in [5, 5.41) is 3.48. The summed E-state index contributed by atoms with van der Waals surface area (Å²) in [7, 11) is 2.16. The lowest BCUT2D eigenvalue weighted by molar-refractivity contribution is 0.359. The van der Waals surface area contributed by atoms with E-state index in [1.165, 1.54) is 31.4 Å². The molecular weight excluding hydrogens is 160 g/mol. The highest BCUT2D eigenvalue weighted by Crippen LogP contribution is 2.18. The maximum atomic E-state index is 4.07. The van der Waals surface area contributed by atoms with Crippen LogP contribution in [0, 0.1) is 0 Å². The fourth-order valence-corrected chi connectivity index (χ4v) is 1.47. The number of hydrogen-bond donors (Lipinski definition) is 1. The van der Waals surface area contributed by atoms with Gasteiger partial charge in [-0.05, 0) is 38.4 Å². The van der Waals surface area contributed by atoms with Gasteiger partial charge in [-0.1, -0.05) is 13.5 Å². The molecule has 13 heavy (non-hydrogen) atoms. The molecule has 1 N–H and O–H groups in total. The van der Waals surface area contributed by atoms with Gasteiger partial charge >= 0.3 is 0 Å². The molecule has 2 nitrogen and oxygen atoms in total. The van der Waals surface area contributed by atoms with Gasteiger partial charge in [0.2, 0.25) is 0 Å². The molecule has 0 aromatic heterocycles. The zero-order chi connectivity index (χ0) is 9.68. The first-order valence-corrected chi connectivity index (χ1v) is 5.31. The second-order valence-electron chi connectivity index (χ2n) is 4.14. The van der Waals surface area contributed by atoms with Crippen LogP contribution in [0.3, 0.4) is 0 Å². The van der Waals surface area contributed by atoms with Gasteiger partial charge in [0.15, 0.2) is 0 Å². The highest BCUT2D eigenvalue weighted by molar-refractivity contribution is 5.01. The molecule has 0 bridgehead atoms. The molecule has 0 unspecified atom stereocenters. The number of likely N-dealkylation sites (N-methyl/N-ethyl adjacent to an activating group) is 1. The maximum Gasteiger partial charge on any atom is 0.0199 e. The van der Waals surface area contributed by atoms with Crippen molar-refractivity contribution in [1.82, 2.24) is 10.2 Å². The van der Waals surface area contributed by atoms with Crippen molar-refractivity contribution in [3.8, 4) is 0 Å². The third-order valence-corrected chi connectivity index (χ3v) is 2.32. The van der Waals surface area contributed by atoms with Crippen molar-refractivity contribution in [1.29, 1.82) is 0 Å². The molecular formula is C11H22N2. The lowest BCUT2D eigenvalue weighted by Crippen LogP contribution is -2.27. The molecule has 76 valence electrons. The number of rotatable bonds is 7. The summed E-state index contributed by atoms with van der Waals surface area (Å²) in [6.45, 7) is 9.49. The van der Waals surface area contributed by atoms with Gasteiger partial charge in [-0.2, -0.15) is 0 Å².